The van der Waals surface area contributed by atoms with Crippen LogP contribution in [0, 0.1) is 5.92 Å². The molecule has 0 atom stereocenters. The number of likely N-dealkylation sites (tertiary alicyclic amines) is 1. The molecule has 0 saturated carbocycles. The number of carbonyl (C=O) groups excluding carboxylic acids is 1. The Labute approximate surface area is 155 Å². The van der Waals surface area contributed by atoms with Gasteiger partial charge < -0.3 is 14.9 Å². The largest absolute Gasteiger partial charge is 0.431 e. The molecule has 1 N–H and O–H groups in total. The topological polar surface area (TPSA) is 43.8 Å². The molecule has 144 valence electrons. The highest BCUT2D eigenvalue weighted by atomic mass is 32.1. The number of nitrogens with zero attached hydrogens (tertiary/aromatic N) is 2. The first-order valence-electron chi connectivity index (χ1n) is 8.29. The fourth-order valence-electron chi connectivity index (χ4n) is 2.80. The summed E-state index contributed by atoms with van der Waals surface area (Å²) in [4.78, 5) is 16.3. The number of hydrogen-bond acceptors (Lipinski definition) is 4. The third kappa shape index (κ3) is 4.88. The number of carbonyl (C=O) groups is 1. The van der Waals surface area contributed by atoms with E-state index in [1.807, 2.05) is 0 Å². The molecule has 1 aromatic heterocycles. The number of amides is 1. The summed E-state index contributed by atoms with van der Waals surface area (Å²) in [7, 11) is 2.65. The SMILES string of the molecule is C=C(/C=C(\N(C)C)C(F)(F)F)c1ccc(C(=O)N2CCC(CO)CC2)s1. The average Bonchev–Trinajstić information content (AvgIpc) is 3.07. The monoisotopic (exact) mass is 388 g/mol. The average molecular weight is 388 g/mol. The summed E-state index contributed by atoms with van der Waals surface area (Å²) in [5.41, 5.74) is -0.580. The Kier molecular flexibility index (Phi) is 6.52. The van der Waals surface area contributed by atoms with Gasteiger partial charge in [-0.15, -0.1) is 11.3 Å². The third-order valence-electron chi connectivity index (χ3n) is 4.38. The number of aliphatic hydroxyl groups excluding tert-OH is 1. The van der Waals surface area contributed by atoms with E-state index in [0.29, 0.717) is 22.8 Å². The lowest BCUT2D eigenvalue weighted by atomic mass is 9.98. The molecule has 1 aliphatic rings. The van der Waals surface area contributed by atoms with Gasteiger partial charge in [-0.2, -0.15) is 13.2 Å². The summed E-state index contributed by atoms with van der Waals surface area (Å²) >= 11 is 1.14. The predicted octanol–water partition coefficient (Wildman–Crippen LogP) is 3.61. The fourth-order valence-corrected chi connectivity index (χ4v) is 3.72. The van der Waals surface area contributed by atoms with E-state index < -0.39 is 11.9 Å². The molecule has 1 amide bonds. The van der Waals surface area contributed by atoms with Gasteiger partial charge in [-0.05, 0) is 42.5 Å². The summed E-state index contributed by atoms with van der Waals surface area (Å²) in [6.45, 7) is 5.01. The molecule has 1 fully saturated rings. The van der Waals surface area contributed by atoms with E-state index in [9.17, 15) is 18.0 Å². The van der Waals surface area contributed by atoms with Crippen LogP contribution >= 0.6 is 11.3 Å². The number of thiophene rings is 1. The van der Waals surface area contributed by atoms with Gasteiger partial charge >= 0.3 is 6.18 Å². The van der Waals surface area contributed by atoms with Crippen molar-refractivity contribution in [2.24, 2.45) is 5.92 Å². The highest BCUT2D eigenvalue weighted by Gasteiger charge is 2.35. The number of rotatable bonds is 5. The van der Waals surface area contributed by atoms with Crippen LogP contribution in [-0.4, -0.2) is 60.8 Å². The zero-order chi connectivity index (χ0) is 19.5. The van der Waals surface area contributed by atoms with Crippen molar-refractivity contribution in [2.45, 2.75) is 19.0 Å². The van der Waals surface area contributed by atoms with Crippen molar-refractivity contribution in [3.8, 4) is 0 Å². The van der Waals surface area contributed by atoms with E-state index >= 15 is 0 Å². The van der Waals surface area contributed by atoms with Crippen molar-refractivity contribution < 1.29 is 23.1 Å². The van der Waals surface area contributed by atoms with Crippen LogP contribution in [0.15, 0.2) is 30.5 Å². The highest BCUT2D eigenvalue weighted by Crippen LogP contribution is 2.32. The van der Waals surface area contributed by atoms with E-state index in [0.717, 1.165) is 35.2 Å². The zero-order valence-electron chi connectivity index (χ0n) is 14.8. The van der Waals surface area contributed by atoms with E-state index in [-0.39, 0.29) is 24.0 Å². The van der Waals surface area contributed by atoms with Gasteiger partial charge in [0, 0.05) is 38.7 Å². The maximum Gasteiger partial charge on any atom is 0.431 e. The van der Waals surface area contributed by atoms with E-state index in [2.05, 4.69) is 6.58 Å². The lowest BCUT2D eigenvalue weighted by Crippen LogP contribution is -2.38. The molecule has 4 nitrogen and oxygen atoms in total. The lowest BCUT2D eigenvalue weighted by molar-refractivity contribution is -0.107. The molecule has 26 heavy (non-hydrogen) atoms. The van der Waals surface area contributed by atoms with Crippen molar-refractivity contribution in [2.75, 3.05) is 33.8 Å². The van der Waals surface area contributed by atoms with Crippen molar-refractivity contribution >= 4 is 22.8 Å². The normalized spacial score (nSPS) is 16.7. The van der Waals surface area contributed by atoms with Crippen molar-refractivity contribution in [1.82, 2.24) is 9.80 Å². The van der Waals surface area contributed by atoms with Crippen molar-refractivity contribution in [3.63, 3.8) is 0 Å². The maximum absolute atomic E-state index is 13.1. The van der Waals surface area contributed by atoms with Crippen LogP contribution in [0.1, 0.15) is 27.4 Å². The van der Waals surface area contributed by atoms with Crippen LogP contribution < -0.4 is 0 Å². The first-order valence-corrected chi connectivity index (χ1v) is 9.10. The van der Waals surface area contributed by atoms with Crippen LogP contribution in [0.5, 0.6) is 0 Å². The summed E-state index contributed by atoms with van der Waals surface area (Å²) in [6, 6.07) is 3.25. The van der Waals surface area contributed by atoms with Crippen LogP contribution in [0.3, 0.4) is 0 Å². The Morgan fingerprint density at radius 1 is 1.35 bits per heavy atom. The first-order chi connectivity index (χ1) is 12.1. The first kappa shape index (κ1) is 20.5. The molecule has 1 aromatic rings. The maximum atomic E-state index is 13.1. The van der Waals surface area contributed by atoms with Gasteiger partial charge in [0.05, 0.1) is 4.88 Å². The van der Waals surface area contributed by atoms with Crippen LogP contribution in [0.4, 0.5) is 13.2 Å². The van der Waals surface area contributed by atoms with E-state index in [1.54, 1.807) is 17.0 Å². The Bertz CT molecular complexity index is 687. The van der Waals surface area contributed by atoms with Gasteiger partial charge in [0.2, 0.25) is 0 Å². The second-order valence-corrected chi connectivity index (χ2v) is 7.61. The number of piperidine rings is 1. The van der Waals surface area contributed by atoms with Gasteiger partial charge in [0.15, 0.2) is 0 Å². The van der Waals surface area contributed by atoms with Gasteiger partial charge in [0.25, 0.3) is 5.91 Å². The molecule has 0 aliphatic carbocycles. The second kappa shape index (κ2) is 8.26. The van der Waals surface area contributed by atoms with Crippen molar-refractivity contribution in [3.05, 3.63) is 40.2 Å². The van der Waals surface area contributed by atoms with Gasteiger partial charge in [-0.3, -0.25) is 4.79 Å². The lowest BCUT2D eigenvalue weighted by Gasteiger charge is -2.30. The summed E-state index contributed by atoms with van der Waals surface area (Å²) < 4.78 is 39.2. The minimum absolute atomic E-state index is 0.127. The minimum atomic E-state index is -4.47. The molecule has 1 aliphatic heterocycles. The molecule has 0 spiro atoms. The van der Waals surface area contributed by atoms with Gasteiger partial charge in [-0.25, -0.2) is 0 Å². The number of allylic oxidation sites excluding steroid dienone is 3. The van der Waals surface area contributed by atoms with Crippen LogP contribution in [0.25, 0.3) is 5.57 Å². The molecule has 1 saturated heterocycles. The van der Waals surface area contributed by atoms with Crippen molar-refractivity contribution in [1.29, 1.82) is 0 Å². The number of halogens is 3. The molecular formula is C18H23F3N2O2S. The molecule has 8 heteroatoms. The molecule has 0 bridgehead atoms. The van der Waals surface area contributed by atoms with E-state index in [4.69, 9.17) is 5.11 Å². The summed E-state index contributed by atoms with van der Waals surface area (Å²) in [6.07, 6.45) is -1.96. The van der Waals surface area contributed by atoms with Crippen LogP contribution in [-0.2, 0) is 0 Å². The molecule has 0 aromatic carbocycles. The number of hydrogen-bond donors (Lipinski definition) is 1. The Morgan fingerprint density at radius 3 is 2.42 bits per heavy atom. The van der Waals surface area contributed by atoms with Gasteiger partial charge in [-0.1, -0.05) is 6.58 Å². The number of alkyl halides is 3. The summed E-state index contributed by atoms with van der Waals surface area (Å²) in [5.74, 6) is 0.104. The Hall–Kier alpha value is -1.80. The predicted molar refractivity (Wildman–Crippen MR) is 96.9 cm³/mol. The standard InChI is InChI=1S/C18H23F3N2O2S/c1-12(10-16(22(2)3)18(19,20)21)14-4-5-15(26-14)17(25)23-8-6-13(11-24)7-9-23/h4-5,10,13,24H,1,6-9,11H2,2-3H3/b16-10-. The third-order valence-corrected chi connectivity index (χ3v) is 5.53. The quantitative estimate of drug-likeness (QED) is 0.784. The summed E-state index contributed by atoms with van der Waals surface area (Å²) in [5, 5.41) is 9.17. The zero-order valence-corrected chi connectivity index (χ0v) is 15.7. The molecule has 2 heterocycles. The Balaban J connectivity index is 2.11. The second-order valence-electron chi connectivity index (χ2n) is 6.53. The van der Waals surface area contributed by atoms with Crippen LogP contribution in [0.2, 0.25) is 0 Å². The number of aliphatic hydroxyl groups is 1. The molecule has 0 unspecified atom stereocenters. The molecular weight excluding hydrogens is 365 g/mol. The fraction of sp³-hybridized carbons (Fsp3) is 0.500. The minimum Gasteiger partial charge on any atom is -0.396 e. The highest BCUT2D eigenvalue weighted by molar-refractivity contribution is 7.15. The smallest absolute Gasteiger partial charge is 0.396 e. The molecule has 2 rings (SSSR count). The molecule has 0 radical (unpaired) electrons. The Morgan fingerprint density at radius 2 is 1.92 bits per heavy atom. The van der Waals surface area contributed by atoms with E-state index in [1.165, 1.54) is 14.1 Å². The van der Waals surface area contributed by atoms with Gasteiger partial charge in [0.1, 0.15) is 5.70 Å².